The van der Waals surface area contributed by atoms with E-state index in [0.717, 1.165) is 61.9 Å². The summed E-state index contributed by atoms with van der Waals surface area (Å²) in [6, 6.07) is 6.38. The average molecular weight is 540 g/mol. The minimum atomic E-state index is -1.16. The summed E-state index contributed by atoms with van der Waals surface area (Å²) in [6.07, 6.45) is 9.09. The van der Waals surface area contributed by atoms with Gasteiger partial charge in [0.05, 0.1) is 26.9 Å². The minimum Gasteiger partial charge on any atom is -0.361 e. The normalized spacial score (nSPS) is 22.2. The fraction of sp³-hybridized carbons (Fsp3) is 0.519. The zero-order valence-corrected chi connectivity index (χ0v) is 24.1. The van der Waals surface area contributed by atoms with Crippen LogP contribution in [0.15, 0.2) is 30.0 Å². The molecule has 0 N–H and O–H groups in total. The van der Waals surface area contributed by atoms with Gasteiger partial charge in [-0.05, 0) is 43.7 Å². The molecule has 4 aromatic rings. The highest BCUT2D eigenvalue weighted by atomic mass is 35.5. The molecule has 1 unspecified atom stereocenters. The number of hydrogen-bond donors (Lipinski definition) is 0. The Balaban J connectivity index is 1.40. The van der Waals surface area contributed by atoms with E-state index in [1.165, 1.54) is 25.7 Å². The second kappa shape index (κ2) is 9.38. The predicted molar refractivity (Wildman–Crippen MR) is 153 cm³/mol. The molecule has 0 radical (unpaired) electrons. The van der Waals surface area contributed by atoms with Crippen molar-refractivity contribution in [2.75, 3.05) is 11.5 Å². The average Bonchev–Trinajstić information content (AvgIpc) is 3.51. The van der Waals surface area contributed by atoms with Crippen molar-refractivity contribution in [3.8, 4) is 11.1 Å². The molecule has 2 aliphatic heterocycles. The number of anilines is 1. The van der Waals surface area contributed by atoms with E-state index in [4.69, 9.17) is 26.3 Å². The van der Waals surface area contributed by atoms with Crippen LogP contribution in [0.3, 0.4) is 0 Å². The third kappa shape index (κ3) is 4.46. The Hall–Kier alpha value is -2.00. The Bertz CT molecular complexity index is 1400. The van der Waals surface area contributed by atoms with E-state index >= 15 is 0 Å². The second-order valence-corrected chi connectivity index (χ2v) is 18.6. The quantitative estimate of drug-likeness (QED) is 0.180. The van der Waals surface area contributed by atoms with E-state index < -0.39 is 8.07 Å². The lowest BCUT2D eigenvalue weighted by Crippen LogP contribution is -2.43. The third-order valence-corrected chi connectivity index (χ3v) is 10.8. The fourth-order valence-corrected chi connectivity index (χ4v) is 7.81. The molecule has 0 aliphatic carbocycles. The van der Waals surface area contributed by atoms with Gasteiger partial charge in [0.1, 0.15) is 18.1 Å². The van der Waals surface area contributed by atoms with Crippen molar-refractivity contribution < 1.29 is 4.74 Å². The highest BCUT2D eigenvalue weighted by Gasteiger charge is 2.40. The molecule has 3 aromatic heterocycles. The van der Waals surface area contributed by atoms with Crippen LogP contribution in [-0.4, -0.2) is 46.3 Å². The lowest BCUT2D eigenvalue weighted by molar-refractivity contribution is 0.0899. The van der Waals surface area contributed by atoms with Gasteiger partial charge in [-0.25, -0.2) is 15.0 Å². The Labute approximate surface area is 222 Å². The summed E-state index contributed by atoms with van der Waals surface area (Å²) < 4.78 is 9.29. The molecule has 9 heteroatoms. The first-order chi connectivity index (χ1) is 17.3. The van der Waals surface area contributed by atoms with E-state index in [-0.39, 0.29) is 0 Å². The van der Waals surface area contributed by atoms with Gasteiger partial charge in [0.25, 0.3) is 0 Å². The van der Waals surface area contributed by atoms with Crippen LogP contribution in [0.1, 0.15) is 32.6 Å². The van der Waals surface area contributed by atoms with Crippen molar-refractivity contribution in [1.29, 1.82) is 0 Å². The van der Waals surface area contributed by atoms with E-state index in [1.807, 2.05) is 17.8 Å². The van der Waals surface area contributed by atoms with Crippen LogP contribution in [-0.2, 0) is 11.5 Å². The molecule has 6 rings (SSSR count). The van der Waals surface area contributed by atoms with Crippen molar-refractivity contribution in [1.82, 2.24) is 19.5 Å². The van der Waals surface area contributed by atoms with Crippen LogP contribution in [0.2, 0.25) is 30.7 Å². The summed E-state index contributed by atoms with van der Waals surface area (Å²) in [7, 11) is -1.16. The molecule has 0 amide bonds. The van der Waals surface area contributed by atoms with Crippen LogP contribution in [0.5, 0.6) is 0 Å². The lowest BCUT2D eigenvalue weighted by Gasteiger charge is -2.38. The van der Waals surface area contributed by atoms with Crippen molar-refractivity contribution >= 4 is 58.2 Å². The first-order valence-electron chi connectivity index (χ1n) is 13.0. The summed E-state index contributed by atoms with van der Waals surface area (Å²) in [5, 5.41) is 0.725. The molecule has 190 valence electrons. The summed E-state index contributed by atoms with van der Waals surface area (Å²) >= 11 is 8.46. The van der Waals surface area contributed by atoms with Crippen molar-refractivity contribution in [3.05, 3.63) is 35.1 Å². The number of thiazole rings is 1. The van der Waals surface area contributed by atoms with Gasteiger partial charge in [0, 0.05) is 44.1 Å². The first kappa shape index (κ1) is 24.3. The maximum atomic E-state index is 6.90. The fourth-order valence-electron chi connectivity index (χ4n) is 5.93. The maximum absolute atomic E-state index is 6.90. The number of piperidine rings is 1. The largest absolute Gasteiger partial charge is 0.361 e. The van der Waals surface area contributed by atoms with Gasteiger partial charge in [-0.3, -0.25) is 0 Å². The van der Waals surface area contributed by atoms with E-state index in [1.54, 1.807) is 11.3 Å². The molecule has 5 heterocycles. The molecule has 0 spiro atoms. The Morgan fingerprint density at radius 1 is 1.11 bits per heavy atom. The van der Waals surface area contributed by atoms with Crippen molar-refractivity contribution in [2.24, 2.45) is 5.92 Å². The molecular weight excluding hydrogens is 506 g/mol. The molecule has 6 nitrogen and oxygen atoms in total. The van der Waals surface area contributed by atoms with Gasteiger partial charge in [-0.2, -0.15) is 0 Å². The minimum absolute atomic E-state index is 0.462. The van der Waals surface area contributed by atoms with Gasteiger partial charge in [0.15, 0.2) is 5.65 Å². The van der Waals surface area contributed by atoms with Crippen molar-refractivity contribution in [3.63, 3.8) is 0 Å². The van der Waals surface area contributed by atoms with Crippen LogP contribution < -0.4 is 4.90 Å². The molecule has 1 aromatic carbocycles. The Morgan fingerprint density at radius 2 is 1.89 bits per heavy atom. The van der Waals surface area contributed by atoms with Gasteiger partial charge in [0.2, 0.25) is 0 Å². The summed E-state index contributed by atoms with van der Waals surface area (Å²) in [6.45, 7) is 10.7. The predicted octanol–water partition coefficient (Wildman–Crippen LogP) is 7.44. The van der Waals surface area contributed by atoms with Gasteiger partial charge < -0.3 is 14.2 Å². The molecule has 3 atom stereocenters. The molecule has 36 heavy (non-hydrogen) atoms. The maximum Gasteiger partial charge on any atom is 0.163 e. The zero-order chi connectivity index (χ0) is 25.0. The molecule has 2 aliphatic rings. The van der Waals surface area contributed by atoms with E-state index in [2.05, 4.69) is 53.3 Å². The van der Waals surface area contributed by atoms with Crippen LogP contribution in [0.25, 0.3) is 32.5 Å². The smallest absolute Gasteiger partial charge is 0.163 e. The topological polar surface area (TPSA) is 56.1 Å². The first-order valence-corrected chi connectivity index (χ1v) is 18.0. The Kier molecular flexibility index (Phi) is 6.35. The van der Waals surface area contributed by atoms with E-state index in [9.17, 15) is 0 Å². The number of fused-ring (bicyclic) bond motifs is 4. The standard InChI is InChI=1S/C27H34ClN5OSSi/c1-17-11-18-5-6-19(12-17)33(18)23-13-29-25-21(20-7-8-22-26(24(20)28)35-15-30-22)14-32(27(25)31-23)16-34-9-10-36(2,3)4/h7-8,13-15,17-19H,5-6,9-12,16H2,1-4H3/t17?,18-,19+. The van der Waals surface area contributed by atoms with Gasteiger partial charge >= 0.3 is 0 Å². The number of rotatable bonds is 7. The molecular formula is C27H34ClN5OSSi. The highest BCUT2D eigenvalue weighted by molar-refractivity contribution is 7.17. The SMILES string of the molecule is CC1C[C@H]2CC[C@@H](C1)N2c1cnc2c(-c3ccc4ncsc4c3Cl)cn(COCC[Si](C)(C)C)c2n1. The molecule has 0 saturated carbocycles. The van der Waals surface area contributed by atoms with Gasteiger partial charge in [-0.1, -0.05) is 44.2 Å². The molecule has 2 fully saturated rings. The molecule has 2 bridgehead atoms. The summed E-state index contributed by atoms with van der Waals surface area (Å²) in [5.74, 6) is 1.79. The monoisotopic (exact) mass is 539 g/mol. The van der Waals surface area contributed by atoms with Crippen LogP contribution in [0, 0.1) is 5.92 Å². The number of benzene rings is 1. The number of ether oxygens (including phenoxy) is 1. The van der Waals surface area contributed by atoms with E-state index in [0.29, 0.717) is 18.8 Å². The summed E-state index contributed by atoms with van der Waals surface area (Å²) in [5.41, 5.74) is 6.47. The number of nitrogens with zero attached hydrogens (tertiary/aromatic N) is 5. The zero-order valence-electron chi connectivity index (χ0n) is 21.5. The number of aromatic nitrogens is 4. The second-order valence-electron chi connectivity index (χ2n) is 11.8. The van der Waals surface area contributed by atoms with Gasteiger partial charge in [-0.15, -0.1) is 11.3 Å². The summed E-state index contributed by atoms with van der Waals surface area (Å²) in [4.78, 5) is 17.2. The van der Waals surface area contributed by atoms with Crippen LogP contribution >= 0.6 is 22.9 Å². The number of halogens is 1. The molecule has 2 saturated heterocycles. The lowest BCUT2D eigenvalue weighted by atomic mass is 9.92. The Morgan fingerprint density at radius 3 is 2.64 bits per heavy atom. The number of hydrogen-bond acceptors (Lipinski definition) is 6. The third-order valence-electron chi connectivity index (χ3n) is 7.74. The highest BCUT2D eigenvalue weighted by Crippen LogP contribution is 2.42. The van der Waals surface area contributed by atoms with Crippen LogP contribution in [0.4, 0.5) is 5.82 Å². The van der Waals surface area contributed by atoms with Crippen molar-refractivity contribution in [2.45, 2.75) is 77.1 Å².